The quantitative estimate of drug-likeness (QED) is 0.845. The number of aromatic nitrogens is 1. The Labute approximate surface area is 105 Å². The van der Waals surface area contributed by atoms with Gasteiger partial charge in [0, 0.05) is 6.07 Å². The predicted octanol–water partition coefficient (Wildman–Crippen LogP) is 1.46. The van der Waals surface area contributed by atoms with Crippen LogP contribution in [0.25, 0.3) is 0 Å². The lowest BCUT2D eigenvalue weighted by molar-refractivity contribution is -0.276. The van der Waals surface area contributed by atoms with Gasteiger partial charge in [-0.2, -0.15) is 0 Å². The van der Waals surface area contributed by atoms with Gasteiger partial charge in [0.2, 0.25) is 5.88 Å². The van der Waals surface area contributed by atoms with Gasteiger partial charge in [-0.05, 0) is 6.92 Å². The van der Waals surface area contributed by atoms with Crippen molar-refractivity contribution in [2.24, 2.45) is 0 Å². The van der Waals surface area contributed by atoms with Crippen molar-refractivity contribution in [3.05, 3.63) is 22.0 Å². The van der Waals surface area contributed by atoms with Gasteiger partial charge in [0.15, 0.2) is 5.56 Å². The Bertz CT molecular complexity index is 523. The van der Waals surface area contributed by atoms with Crippen LogP contribution < -0.4 is 15.0 Å². The van der Waals surface area contributed by atoms with Gasteiger partial charge in [0.05, 0.1) is 13.7 Å². The number of aromatic amines is 1. The summed E-state index contributed by atoms with van der Waals surface area (Å²) in [4.78, 5) is 24.8. The largest absolute Gasteiger partial charge is 0.574 e. The second-order valence-electron chi connectivity index (χ2n) is 3.17. The molecule has 0 saturated heterocycles. The van der Waals surface area contributed by atoms with E-state index in [2.05, 4.69) is 14.2 Å². The number of hydrogen-bond donors (Lipinski definition) is 1. The van der Waals surface area contributed by atoms with Crippen LogP contribution in [0.5, 0.6) is 11.6 Å². The third-order valence-electron chi connectivity index (χ3n) is 1.90. The van der Waals surface area contributed by atoms with Crippen LogP contribution in [0.2, 0.25) is 0 Å². The highest BCUT2D eigenvalue weighted by atomic mass is 19.4. The zero-order valence-electron chi connectivity index (χ0n) is 9.96. The van der Waals surface area contributed by atoms with Crippen molar-refractivity contribution in [1.29, 1.82) is 0 Å². The normalized spacial score (nSPS) is 11.0. The maximum Gasteiger partial charge on any atom is 0.574 e. The standard InChI is InChI=1S/C10H10F3NO5/c1-3-18-9(16)7-5(17-2)4-6(14-8(7)15)19-10(11,12)13/h4H,3H2,1-2H3,(H,14,15). The lowest BCUT2D eigenvalue weighted by atomic mass is 10.2. The lowest BCUT2D eigenvalue weighted by Gasteiger charge is -2.11. The van der Waals surface area contributed by atoms with Crippen LogP contribution in [0.15, 0.2) is 10.9 Å². The van der Waals surface area contributed by atoms with Crippen LogP contribution in [0.3, 0.4) is 0 Å². The van der Waals surface area contributed by atoms with E-state index in [1.807, 2.05) is 0 Å². The molecule has 106 valence electrons. The van der Waals surface area contributed by atoms with Crippen LogP contribution in [0.4, 0.5) is 13.2 Å². The molecular formula is C10H10F3NO5. The fraction of sp³-hybridized carbons (Fsp3) is 0.400. The second-order valence-corrected chi connectivity index (χ2v) is 3.17. The van der Waals surface area contributed by atoms with Crippen LogP contribution in [-0.4, -0.2) is 31.0 Å². The first-order chi connectivity index (χ1) is 8.78. The number of methoxy groups -OCH3 is 1. The van der Waals surface area contributed by atoms with Gasteiger partial charge in [0.25, 0.3) is 5.56 Å². The maximum absolute atomic E-state index is 12.0. The van der Waals surface area contributed by atoms with Crippen LogP contribution >= 0.6 is 0 Å². The number of carbonyl (C=O) groups is 1. The van der Waals surface area contributed by atoms with Crippen molar-refractivity contribution >= 4 is 5.97 Å². The van der Waals surface area contributed by atoms with Crippen molar-refractivity contribution in [3.8, 4) is 11.6 Å². The molecule has 0 radical (unpaired) electrons. The summed E-state index contributed by atoms with van der Waals surface area (Å²) >= 11 is 0. The fourth-order valence-electron chi connectivity index (χ4n) is 1.25. The molecule has 1 N–H and O–H groups in total. The van der Waals surface area contributed by atoms with E-state index < -0.39 is 29.3 Å². The van der Waals surface area contributed by atoms with Crippen molar-refractivity contribution in [2.75, 3.05) is 13.7 Å². The summed E-state index contributed by atoms with van der Waals surface area (Å²) in [6, 6.07) is 0.737. The Balaban J connectivity index is 3.23. The molecule has 0 fully saturated rings. The summed E-state index contributed by atoms with van der Waals surface area (Å²) in [6.07, 6.45) is -4.97. The molecule has 0 aliphatic carbocycles. The average molecular weight is 281 g/mol. The topological polar surface area (TPSA) is 77.6 Å². The van der Waals surface area contributed by atoms with E-state index >= 15 is 0 Å². The van der Waals surface area contributed by atoms with E-state index in [9.17, 15) is 22.8 Å². The SMILES string of the molecule is CCOC(=O)c1c(OC)cc(OC(F)(F)F)[nH]c1=O. The minimum absolute atomic E-state index is 0.00221. The first-order valence-corrected chi connectivity index (χ1v) is 5.02. The number of hydrogen-bond acceptors (Lipinski definition) is 5. The summed E-state index contributed by atoms with van der Waals surface area (Å²) in [5.41, 5.74) is -1.63. The molecule has 6 nitrogen and oxygen atoms in total. The summed E-state index contributed by atoms with van der Waals surface area (Å²) < 4.78 is 48.8. The van der Waals surface area contributed by atoms with Gasteiger partial charge in [-0.25, -0.2) is 4.79 Å². The number of halogens is 3. The average Bonchev–Trinajstić information content (AvgIpc) is 2.25. The number of esters is 1. The van der Waals surface area contributed by atoms with Crippen molar-refractivity contribution in [1.82, 2.24) is 4.98 Å². The third-order valence-corrected chi connectivity index (χ3v) is 1.90. The number of pyridine rings is 1. The van der Waals surface area contributed by atoms with Gasteiger partial charge >= 0.3 is 12.3 Å². The number of rotatable bonds is 4. The molecule has 0 amide bonds. The number of H-pyrrole nitrogens is 1. The summed E-state index contributed by atoms with van der Waals surface area (Å²) in [5, 5.41) is 0. The fourth-order valence-corrected chi connectivity index (χ4v) is 1.25. The first-order valence-electron chi connectivity index (χ1n) is 5.02. The number of ether oxygens (including phenoxy) is 3. The monoisotopic (exact) mass is 281 g/mol. The van der Waals surface area contributed by atoms with Crippen molar-refractivity contribution in [3.63, 3.8) is 0 Å². The van der Waals surface area contributed by atoms with E-state index in [0.29, 0.717) is 0 Å². The molecule has 0 atom stereocenters. The molecule has 1 heterocycles. The molecular weight excluding hydrogens is 271 g/mol. The molecule has 0 aliphatic heterocycles. The molecule has 9 heteroatoms. The van der Waals surface area contributed by atoms with E-state index in [4.69, 9.17) is 0 Å². The van der Waals surface area contributed by atoms with Crippen LogP contribution in [0, 0.1) is 0 Å². The maximum atomic E-state index is 12.0. The van der Waals surface area contributed by atoms with Gasteiger partial charge < -0.3 is 14.2 Å². The zero-order valence-corrected chi connectivity index (χ0v) is 9.96. The molecule has 0 aromatic carbocycles. The second kappa shape index (κ2) is 5.63. The highest BCUT2D eigenvalue weighted by Gasteiger charge is 2.32. The Kier molecular flexibility index (Phi) is 4.41. The summed E-state index contributed by atoms with van der Waals surface area (Å²) in [7, 11) is 1.09. The zero-order chi connectivity index (χ0) is 14.6. The van der Waals surface area contributed by atoms with E-state index in [0.717, 1.165) is 13.2 Å². The minimum Gasteiger partial charge on any atom is -0.495 e. The van der Waals surface area contributed by atoms with Crippen molar-refractivity contribution in [2.45, 2.75) is 13.3 Å². The molecule has 1 rings (SSSR count). The molecule has 0 saturated carbocycles. The Morgan fingerprint density at radius 1 is 1.42 bits per heavy atom. The summed E-state index contributed by atoms with van der Waals surface area (Å²) in [6.45, 7) is 1.52. The van der Waals surface area contributed by atoms with Crippen LogP contribution in [-0.2, 0) is 4.74 Å². The van der Waals surface area contributed by atoms with E-state index in [1.54, 1.807) is 4.98 Å². The van der Waals surface area contributed by atoms with Crippen molar-refractivity contribution < 1.29 is 32.2 Å². The highest BCUT2D eigenvalue weighted by molar-refractivity contribution is 5.92. The molecule has 1 aromatic heterocycles. The molecule has 1 aromatic rings. The van der Waals surface area contributed by atoms with Gasteiger partial charge in [-0.3, -0.25) is 9.78 Å². The van der Waals surface area contributed by atoms with E-state index in [-0.39, 0.29) is 12.4 Å². The Hall–Kier alpha value is -2.19. The van der Waals surface area contributed by atoms with Gasteiger partial charge in [0.1, 0.15) is 5.75 Å². The first kappa shape index (κ1) is 14.9. The number of nitrogens with one attached hydrogen (secondary N) is 1. The molecule has 0 unspecified atom stereocenters. The van der Waals surface area contributed by atoms with E-state index in [1.165, 1.54) is 6.92 Å². The Morgan fingerprint density at radius 2 is 2.05 bits per heavy atom. The molecule has 0 aliphatic rings. The summed E-state index contributed by atoms with van der Waals surface area (Å²) in [5.74, 6) is -2.26. The van der Waals surface area contributed by atoms with Gasteiger partial charge in [-0.15, -0.1) is 13.2 Å². The lowest BCUT2D eigenvalue weighted by Crippen LogP contribution is -2.24. The highest BCUT2D eigenvalue weighted by Crippen LogP contribution is 2.25. The molecule has 0 bridgehead atoms. The smallest absolute Gasteiger partial charge is 0.495 e. The number of alkyl halides is 3. The van der Waals surface area contributed by atoms with Crippen LogP contribution in [0.1, 0.15) is 17.3 Å². The minimum atomic E-state index is -4.97. The molecule has 0 spiro atoms. The number of carbonyl (C=O) groups excluding carboxylic acids is 1. The van der Waals surface area contributed by atoms with Gasteiger partial charge in [-0.1, -0.05) is 0 Å². The predicted molar refractivity (Wildman–Crippen MR) is 56.3 cm³/mol. The molecule has 19 heavy (non-hydrogen) atoms. The Morgan fingerprint density at radius 3 is 2.53 bits per heavy atom. The third kappa shape index (κ3) is 3.90.